The summed E-state index contributed by atoms with van der Waals surface area (Å²) in [5.41, 5.74) is 7.04. The number of hydrogen-bond donors (Lipinski definition) is 3. The second kappa shape index (κ2) is 5.92. The van der Waals surface area contributed by atoms with Crippen LogP contribution in [0.4, 0.5) is 11.5 Å². The van der Waals surface area contributed by atoms with Gasteiger partial charge in [-0.15, -0.1) is 0 Å². The topological polar surface area (TPSA) is 97.5 Å². The fourth-order valence-corrected chi connectivity index (χ4v) is 1.76. The first-order chi connectivity index (χ1) is 9.61. The lowest BCUT2D eigenvalue weighted by Crippen LogP contribution is -2.09. The minimum Gasteiger partial charge on any atom is -0.496 e. The minimum atomic E-state index is -1.09. The lowest BCUT2D eigenvalue weighted by molar-refractivity contribution is 0.0690. The fraction of sp³-hybridized carbons (Fsp3) is 0.143. The predicted octanol–water partition coefficient (Wildman–Crippen LogP) is 1.98. The molecule has 0 aliphatic heterocycles. The Labute approximate surface area is 116 Å². The maximum atomic E-state index is 10.9. The molecule has 0 amide bonds. The third kappa shape index (κ3) is 2.97. The highest BCUT2D eigenvalue weighted by Crippen LogP contribution is 2.21. The Hall–Kier alpha value is -2.76. The number of nitrogens with one attached hydrogen (secondary N) is 1. The summed E-state index contributed by atoms with van der Waals surface area (Å²) in [7, 11) is 1.59. The van der Waals surface area contributed by atoms with Crippen LogP contribution in [0, 0.1) is 0 Å². The summed E-state index contributed by atoms with van der Waals surface area (Å²) in [6.45, 7) is 0.435. The third-order valence-electron chi connectivity index (χ3n) is 2.78. The molecule has 0 fully saturated rings. The van der Waals surface area contributed by atoms with Gasteiger partial charge >= 0.3 is 5.97 Å². The first-order valence-corrected chi connectivity index (χ1v) is 5.97. The quantitative estimate of drug-likeness (QED) is 0.770. The smallest absolute Gasteiger partial charge is 0.354 e. The van der Waals surface area contributed by atoms with Crippen LogP contribution in [-0.4, -0.2) is 23.2 Å². The van der Waals surface area contributed by atoms with Gasteiger partial charge in [-0.05, 0) is 18.2 Å². The van der Waals surface area contributed by atoms with Gasteiger partial charge in [0.05, 0.1) is 12.8 Å². The molecule has 20 heavy (non-hydrogen) atoms. The highest BCUT2D eigenvalue weighted by Gasteiger charge is 2.09. The fourth-order valence-electron chi connectivity index (χ4n) is 1.76. The number of nitrogen functional groups attached to an aromatic ring is 1. The molecule has 1 heterocycles. The summed E-state index contributed by atoms with van der Waals surface area (Å²) < 4.78 is 5.24. The van der Waals surface area contributed by atoms with Gasteiger partial charge in [0.25, 0.3) is 0 Å². The Bertz CT molecular complexity index is 629. The number of aromatic nitrogens is 1. The molecule has 0 radical (unpaired) electrons. The van der Waals surface area contributed by atoms with Gasteiger partial charge in [-0.2, -0.15) is 0 Å². The van der Waals surface area contributed by atoms with Crippen molar-refractivity contribution < 1.29 is 14.6 Å². The first kappa shape index (κ1) is 13.7. The average molecular weight is 273 g/mol. The van der Waals surface area contributed by atoms with E-state index in [-0.39, 0.29) is 5.69 Å². The highest BCUT2D eigenvalue weighted by molar-refractivity contribution is 5.86. The molecular formula is C14H15N3O3. The number of nitrogens with two attached hydrogens (primary N) is 1. The van der Waals surface area contributed by atoms with Crippen LogP contribution in [0.3, 0.4) is 0 Å². The number of aromatic carboxylic acids is 1. The van der Waals surface area contributed by atoms with Crippen LogP contribution < -0.4 is 15.8 Å². The Kier molecular flexibility index (Phi) is 4.05. The van der Waals surface area contributed by atoms with E-state index in [1.165, 1.54) is 12.1 Å². The van der Waals surface area contributed by atoms with Gasteiger partial charge in [-0.1, -0.05) is 18.2 Å². The van der Waals surface area contributed by atoms with Crippen LogP contribution in [0.25, 0.3) is 0 Å². The molecule has 0 atom stereocenters. The van der Waals surface area contributed by atoms with Gasteiger partial charge in [-0.3, -0.25) is 0 Å². The number of pyridine rings is 1. The monoisotopic (exact) mass is 273 g/mol. The van der Waals surface area contributed by atoms with Crippen molar-refractivity contribution in [3.05, 3.63) is 47.7 Å². The number of carboxylic acid groups (broad SMARTS) is 1. The van der Waals surface area contributed by atoms with Crippen LogP contribution in [0.1, 0.15) is 16.1 Å². The van der Waals surface area contributed by atoms with Crippen molar-refractivity contribution in [2.45, 2.75) is 6.54 Å². The van der Waals surface area contributed by atoms with E-state index < -0.39 is 5.97 Å². The second-order valence-electron chi connectivity index (χ2n) is 4.10. The van der Waals surface area contributed by atoms with Crippen LogP contribution in [0.15, 0.2) is 36.4 Å². The number of carboxylic acids is 1. The molecule has 0 unspecified atom stereocenters. The van der Waals surface area contributed by atoms with Gasteiger partial charge in [0.2, 0.25) is 0 Å². The summed E-state index contributed by atoms with van der Waals surface area (Å²) in [5.74, 6) is -0.00546. The molecule has 6 nitrogen and oxygen atoms in total. The number of carbonyl (C=O) groups is 1. The lowest BCUT2D eigenvalue weighted by atomic mass is 10.2. The molecular weight excluding hydrogens is 258 g/mol. The number of benzene rings is 1. The predicted molar refractivity (Wildman–Crippen MR) is 75.9 cm³/mol. The summed E-state index contributed by atoms with van der Waals surface area (Å²) in [5, 5.41) is 11.9. The molecule has 104 valence electrons. The molecule has 0 saturated carbocycles. The number of para-hydroxylation sites is 1. The van der Waals surface area contributed by atoms with Crippen LogP contribution in [0.5, 0.6) is 5.75 Å². The number of methoxy groups -OCH3 is 1. The van der Waals surface area contributed by atoms with Crippen molar-refractivity contribution in [3.63, 3.8) is 0 Å². The molecule has 4 N–H and O–H groups in total. The molecule has 0 spiro atoms. The normalized spacial score (nSPS) is 10.1. The minimum absolute atomic E-state index is 0.0540. The van der Waals surface area contributed by atoms with Gasteiger partial charge in [0.15, 0.2) is 5.69 Å². The van der Waals surface area contributed by atoms with Crippen molar-refractivity contribution in [2.24, 2.45) is 0 Å². The Balaban J connectivity index is 2.18. The largest absolute Gasteiger partial charge is 0.496 e. The zero-order chi connectivity index (χ0) is 14.5. The van der Waals surface area contributed by atoms with Crippen LogP contribution >= 0.6 is 0 Å². The van der Waals surface area contributed by atoms with Crippen molar-refractivity contribution in [1.29, 1.82) is 0 Å². The Morgan fingerprint density at radius 3 is 2.80 bits per heavy atom. The molecule has 0 aliphatic rings. The molecule has 2 rings (SSSR count). The van der Waals surface area contributed by atoms with Gasteiger partial charge in [0, 0.05) is 12.1 Å². The molecule has 1 aromatic heterocycles. The highest BCUT2D eigenvalue weighted by atomic mass is 16.5. The van der Waals surface area contributed by atoms with E-state index in [4.69, 9.17) is 15.6 Å². The first-order valence-electron chi connectivity index (χ1n) is 5.97. The lowest BCUT2D eigenvalue weighted by Gasteiger charge is -2.11. The van der Waals surface area contributed by atoms with E-state index >= 15 is 0 Å². The van der Waals surface area contributed by atoms with Gasteiger partial charge in [0.1, 0.15) is 11.6 Å². The number of hydrogen-bond acceptors (Lipinski definition) is 5. The van der Waals surface area contributed by atoms with Crippen LogP contribution in [0.2, 0.25) is 0 Å². The standard InChI is InChI=1S/C14H15N3O3/c1-20-12-5-3-2-4-9(12)8-16-13-10(15)6-7-11(17-13)14(18)19/h2-7H,8,15H2,1H3,(H,16,17)(H,18,19). The molecule has 0 bridgehead atoms. The van der Waals surface area contributed by atoms with Crippen molar-refractivity contribution >= 4 is 17.5 Å². The maximum absolute atomic E-state index is 10.9. The van der Waals surface area contributed by atoms with Crippen LogP contribution in [-0.2, 0) is 6.54 Å². The Morgan fingerprint density at radius 1 is 1.35 bits per heavy atom. The molecule has 0 saturated heterocycles. The van der Waals surface area contributed by atoms with E-state index in [1.807, 2.05) is 24.3 Å². The Morgan fingerprint density at radius 2 is 2.10 bits per heavy atom. The number of rotatable bonds is 5. The zero-order valence-electron chi connectivity index (χ0n) is 11.0. The molecule has 2 aromatic rings. The van der Waals surface area contributed by atoms with Crippen molar-refractivity contribution in [3.8, 4) is 5.75 Å². The van der Waals surface area contributed by atoms with Gasteiger partial charge in [-0.25, -0.2) is 9.78 Å². The van der Waals surface area contributed by atoms with Crippen molar-refractivity contribution in [1.82, 2.24) is 4.98 Å². The number of anilines is 2. The number of nitrogens with zero attached hydrogens (tertiary/aromatic N) is 1. The van der Waals surface area contributed by atoms with E-state index in [2.05, 4.69) is 10.3 Å². The van der Waals surface area contributed by atoms with E-state index in [0.717, 1.165) is 11.3 Å². The summed E-state index contributed by atoms with van der Waals surface area (Å²) in [6.07, 6.45) is 0. The van der Waals surface area contributed by atoms with Gasteiger partial charge < -0.3 is 20.9 Å². The van der Waals surface area contributed by atoms with E-state index in [9.17, 15) is 4.79 Å². The molecule has 6 heteroatoms. The average Bonchev–Trinajstić information content (AvgIpc) is 2.46. The maximum Gasteiger partial charge on any atom is 0.354 e. The summed E-state index contributed by atoms with van der Waals surface area (Å²) in [4.78, 5) is 14.9. The molecule has 1 aromatic carbocycles. The van der Waals surface area contributed by atoms with E-state index in [1.54, 1.807) is 7.11 Å². The summed E-state index contributed by atoms with van der Waals surface area (Å²) in [6, 6.07) is 10.4. The SMILES string of the molecule is COc1ccccc1CNc1nc(C(=O)O)ccc1N. The summed E-state index contributed by atoms with van der Waals surface area (Å²) >= 11 is 0. The zero-order valence-corrected chi connectivity index (χ0v) is 11.0. The number of ether oxygens (including phenoxy) is 1. The third-order valence-corrected chi connectivity index (χ3v) is 2.78. The molecule has 0 aliphatic carbocycles. The second-order valence-corrected chi connectivity index (χ2v) is 4.10. The van der Waals surface area contributed by atoms with Crippen molar-refractivity contribution in [2.75, 3.05) is 18.2 Å². The van der Waals surface area contributed by atoms with E-state index in [0.29, 0.717) is 18.1 Å².